The number of methoxy groups -OCH3 is 1. The van der Waals surface area contributed by atoms with E-state index in [1.165, 1.54) is 25.7 Å². The Labute approximate surface area is 208 Å². The molecule has 8 atom stereocenters. The Bertz CT molecular complexity index is 1080. The Morgan fingerprint density at radius 2 is 2.00 bits per heavy atom. The molecule has 4 aliphatic carbocycles. The van der Waals surface area contributed by atoms with Crippen LogP contribution in [0, 0.1) is 40.4 Å². The monoisotopic (exact) mass is 479 g/mol. The summed E-state index contributed by atoms with van der Waals surface area (Å²) in [5, 5.41) is 16.5. The Morgan fingerprint density at radius 1 is 1.14 bits per heavy atom. The van der Waals surface area contributed by atoms with Crippen molar-refractivity contribution in [1.82, 2.24) is 14.8 Å². The third-order valence-electron chi connectivity index (χ3n) is 11.1. The molecule has 35 heavy (non-hydrogen) atoms. The number of ketones is 1. The highest BCUT2D eigenvalue weighted by Gasteiger charge is 2.63. The van der Waals surface area contributed by atoms with Crippen LogP contribution in [0.1, 0.15) is 71.6 Å². The Balaban J connectivity index is 1.23. The molecule has 2 heterocycles. The molecule has 0 bridgehead atoms. The van der Waals surface area contributed by atoms with E-state index in [1.54, 1.807) is 12.4 Å². The highest BCUT2D eigenvalue weighted by molar-refractivity contribution is 5.83. The fourth-order valence-corrected chi connectivity index (χ4v) is 9.58. The van der Waals surface area contributed by atoms with E-state index in [9.17, 15) is 9.90 Å². The van der Waals surface area contributed by atoms with Gasteiger partial charge in [0.05, 0.1) is 24.9 Å². The number of nitrogens with zero attached hydrogens (tertiary/aromatic N) is 3. The minimum Gasteiger partial charge on any atom is -0.390 e. The average molecular weight is 480 g/mol. The number of aromatic nitrogens is 3. The molecule has 2 aromatic rings. The van der Waals surface area contributed by atoms with Gasteiger partial charge in [-0.1, -0.05) is 6.92 Å². The summed E-state index contributed by atoms with van der Waals surface area (Å²) in [4.78, 5) is 17.8. The molecule has 0 unspecified atom stereocenters. The van der Waals surface area contributed by atoms with E-state index in [2.05, 4.69) is 17.0 Å². The summed E-state index contributed by atoms with van der Waals surface area (Å²) >= 11 is 0. The summed E-state index contributed by atoms with van der Waals surface area (Å²) in [6, 6.07) is 1.95. The quantitative estimate of drug-likeness (QED) is 0.650. The molecule has 2 aromatic heterocycles. The van der Waals surface area contributed by atoms with Gasteiger partial charge in [-0.2, -0.15) is 5.10 Å². The lowest BCUT2D eigenvalue weighted by molar-refractivity contribution is -0.175. The minimum atomic E-state index is -0.532. The van der Waals surface area contributed by atoms with Gasteiger partial charge < -0.3 is 9.84 Å². The third-order valence-corrected chi connectivity index (χ3v) is 11.1. The minimum absolute atomic E-state index is 0.0909. The van der Waals surface area contributed by atoms with Crippen molar-refractivity contribution >= 4 is 16.7 Å². The lowest BCUT2D eigenvalue weighted by atomic mass is 9.43. The Morgan fingerprint density at radius 3 is 2.80 bits per heavy atom. The van der Waals surface area contributed by atoms with Gasteiger partial charge in [-0.3, -0.25) is 14.5 Å². The van der Waals surface area contributed by atoms with Crippen LogP contribution < -0.4 is 0 Å². The van der Waals surface area contributed by atoms with Crippen molar-refractivity contribution in [3.8, 4) is 0 Å². The first-order valence-electron chi connectivity index (χ1n) is 13.8. The number of fused-ring (bicyclic) bond motifs is 6. The maximum Gasteiger partial charge on any atom is 0.157 e. The highest BCUT2D eigenvalue weighted by Crippen LogP contribution is 2.68. The zero-order valence-electron chi connectivity index (χ0n) is 21.6. The molecule has 0 aromatic carbocycles. The van der Waals surface area contributed by atoms with E-state index in [0.717, 1.165) is 49.6 Å². The number of hydrogen-bond acceptors (Lipinski definition) is 5. The maximum atomic E-state index is 13.7. The van der Waals surface area contributed by atoms with Crippen molar-refractivity contribution in [3.63, 3.8) is 0 Å². The summed E-state index contributed by atoms with van der Waals surface area (Å²) in [5.41, 5.74) is 0.610. The lowest BCUT2D eigenvalue weighted by Gasteiger charge is -2.62. The number of hydrogen-bond donors (Lipinski definition) is 1. The number of rotatable bonds is 5. The molecule has 0 amide bonds. The van der Waals surface area contributed by atoms with E-state index in [-0.39, 0.29) is 16.7 Å². The normalized spacial score (nSPS) is 42.9. The summed E-state index contributed by atoms with van der Waals surface area (Å²) in [6.07, 6.45) is 15.3. The second-order valence-electron chi connectivity index (χ2n) is 12.9. The lowest BCUT2D eigenvalue weighted by Crippen LogP contribution is -2.58. The molecule has 0 aliphatic heterocycles. The number of pyridine rings is 1. The summed E-state index contributed by atoms with van der Waals surface area (Å²) < 4.78 is 7.72. The predicted octanol–water partition coefficient (Wildman–Crippen LogP) is 5.04. The molecule has 4 fully saturated rings. The van der Waals surface area contributed by atoms with Crippen LogP contribution in [0.4, 0.5) is 0 Å². The van der Waals surface area contributed by atoms with Crippen LogP contribution in [-0.4, -0.2) is 45.0 Å². The van der Waals surface area contributed by atoms with Crippen LogP contribution in [0.25, 0.3) is 10.9 Å². The predicted molar refractivity (Wildman–Crippen MR) is 135 cm³/mol. The molecule has 1 N–H and O–H groups in total. The van der Waals surface area contributed by atoms with Crippen LogP contribution in [-0.2, 0) is 16.1 Å². The zero-order valence-corrected chi connectivity index (χ0v) is 21.6. The number of carbonyl (C=O) groups excluding carboxylic acids is 1. The molecule has 0 saturated heterocycles. The van der Waals surface area contributed by atoms with Crippen LogP contribution in [0.2, 0.25) is 0 Å². The van der Waals surface area contributed by atoms with Gasteiger partial charge in [0.2, 0.25) is 0 Å². The van der Waals surface area contributed by atoms with Crippen LogP contribution >= 0.6 is 0 Å². The average Bonchev–Trinajstić information content (AvgIpc) is 3.39. The van der Waals surface area contributed by atoms with Crippen LogP contribution in [0.15, 0.2) is 24.7 Å². The van der Waals surface area contributed by atoms with Crippen molar-refractivity contribution < 1.29 is 14.6 Å². The summed E-state index contributed by atoms with van der Waals surface area (Å²) in [5.74, 6) is 2.99. The van der Waals surface area contributed by atoms with Gasteiger partial charge in [-0.25, -0.2) is 0 Å². The number of aliphatic hydroxyl groups is 1. The van der Waals surface area contributed by atoms with Gasteiger partial charge in [-0.05, 0) is 105 Å². The van der Waals surface area contributed by atoms with Crippen LogP contribution in [0.5, 0.6) is 0 Å². The molecular weight excluding hydrogens is 438 g/mol. The van der Waals surface area contributed by atoms with Crippen molar-refractivity contribution in [1.29, 1.82) is 0 Å². The fourth-order valence-electron chi connectivity index (χ4n) is 9.58. The maximum absolute atomic E-state index is 13.7. The second kappa shape index (κ2) is 8.37. The molecule has 0 spiro atoms. The van der Waals surface area contributed by atoms with Gasteiger partial charge in [0, 0.05) is 30.8 Å². The molecule has 6 rings (SSSR count). The van der Waals surface area contributed by atoms with E-state index in [4.69, 9.17) is 4.74 Å². The van der Waals surface area contributed by atoms with E-state index < -0.39 is 5.60 Å². The molecule has 4 aliphatic rings. The van der Waals surface area contributed by atoms with Crippen molar-refractivity contribution in [2.75, 3.05) is 13.7 Å². The zero-order chi connectivity index (χ0) is 24.4. The molecule has 6 heteroatoms. The topological polar surface area (TPSA) is 77.2 Å². The first-order valence-corrected chi connectivity index (χ1v) is 13.8. The SMILES string of the molecule is COC[C@]12CC[C@@](C)(O)C[C@H]1CC[C@H]1[C@@H]3CC[C@H](C(=O)Cn4cc5ccncc5n4)[C@@]3(C)CC[C@@H]12. The molecule has 190 valence electrons. The molecular formula is C29H41N3O3. The smallest absolute Gasteiger partial charge is 0.157 e. The Kier molecular flexibility index (Phi) is 5.65. The second-order valence-corrected chi connectivity index (χ2v) is 12.9. The summed E-state index contributed by atoms with van der Waals surface area (Å²) in [6.45, 7) is 5.64. The van der Waals surface area contributed by atoms with E-state index >= 15 is 0 Å². The number of ether oxygens (including phenoxy) is 1. The van der Waals surface area contributed by atoms with Gasteiger partial charge in [-0.15, -0.1) is 0 Å². The van der Waals surface area contributed by atoms with Gasteiger partial charge >= 0.3 is 0 Å². The van der Waals surface area contributed by atoms with E-state index in [0.29, 0.717) is 36.0 Å². The van der Waals surface area contributed by atoms with Gasteiger partial charge in [0.15, 0.2) is 5.78 Å². The van der Waals surface area contributed by atoms with E-state index in [1.807, 2.05) is 31.0 Å². The van der Waals surface area contributed by atoms with Crippen molar-refractivity contribution in [3.05, 3.63) is 24.7 Å². The van der Waals surface area contributed by atoms with Gasteiger partial charge in [0.1, 0.15) is 5.52 Å². The molecule has 6 nitrogen and oxygen atoms in total. The standard InChI is InChI=1S/C29H41N3O3/c1-27(34)11-12-29(18-35-3)20(14-27)4-5-21-22-6-7-24(28(22,2)10-8-23(21)29)26(33)17-32-16-19-9-13-30-15-25(19)31-32/h9,13,15-16,20-24,34H,4-8,10-12,14,17-18H2,1-3H3/t20-,21+,22+,23+,24-,27-,28+,29-/m1/s1. The molecule has 4 saturated carbocycles. The molecule has 0 radical (unpaired) electrons. The number of carbonyl (C=O) groups is 1. The third kappa shape index (κ3) is 3.69. The van der Waals surface area contributed by atoms with Crippen LogP contribution in [0.3, 0.4) is 0 Å². The highest BCUT2D eigenvalue weighted by atomic mass is 16.5. The fraction of sp³-hybridized carbons (Fsp3) is 0.759. The number of Topliss-reactive ketones (excluding diaryl/α,β-unsaturated/α-hetero) is 1. The van der Waals surface area contributed by atoms with Gasteiger partial charge in [0.25, 0.3) is 0 Å². The van der Waals surface area contributed by atoms with Crippen molar-refractivity contribution in [2.24, 2.45) is 40.4 Å². The summed E-state index contributed by atoms with van der Waals surface area (Å²) in [7, 11) is 1.86. The first kappa shape index (κ1) is 23.6. The Hall–Kier alpha value is -1.79. The largest absolute Gasteiger partial charge is 0.390 e. The first-order chi connectivity index (χ1) is 16.8. The van der Waals surface area contributed by atoms with Crippen molar-refractivity contribution in [2.45, 2.75) is 83.8 Å².